The molecule has 1 aliphatic heterocycles. The zero-order valence-corrected chi connectivity index (χ0v) is 16.4. The first kappa shape index (κ1) is 22.2. The molecule has 0 aliphatic carbocycles. The molecule has 1 saturated heterocycles. The van der Waals surface area contributed by atoms with Crippen molar-refractivity contribution in [1.29, 1.82) is 0 Å². The maximum Gasteiger partial charge on any atom is 0.437 e. The maximum atomic E-state index is 13.9. The summed E-state index contributed by atoms with van der Waals surface area (Å²) >= 11 is 0. The fraction of sp³-hybridized carbons (Fsp3) is 0.300. The van der Waals surface area contributed by atoms with Crippen molar-refractivity contribution in [3.63, 3.8) is 0 Å². The molecule has 11 heteroatoms. The van der Waals surface area contributed by atoms with Gasteiger partial charge in [0.15, 0.2) is 17.3 Å². The van der Waals surface area contributed by atoms with Gasteiger partial charge in [0.1, 0.15) is 11.7 Å². The lowest BCUT2D eigenvalue weighted by atomic mass is 9.77. The van der Waals surface area contributed by atoms with Crippen molar-refractivity contribution in [2.45, 2.75) is 17.9 Å². The standard InChI is InChI=1S/C20H19F3N2O6/c1-30-12-6-3-10(4-7-12)17(27)15-16(11-5-8-13(26)14(9-11)31-2)24-18(28)25-19(15,29)20(21,22)23/h3-9,15-16,26,29H,1-2H3,(H2,24,25,28)/t15-,16+,19+/m1/s1. The molecule has 2 aromatic rings. The first-order chi connectivity index (χ1) is 14.5. The van der Waals surface area contributed by atoms with E-state index in [-0.39, 0.29) is 22.6 Å². The number of ether oxygens (including phenoxy) is 2. The molecular formula is C20H19F3N2O6. The molecule has 0 radical (unpaired) electrons. The molecule has 0 spiro atoms. The van der Waals surface area contributed by atoms with Crippen LogP contribution in [-0.4, -0.2) is 48.1 Å². The van der Waals surface area contributed by atoms with E-state index >= 15 is 0 Å². The molecule has 166 valence electrons. The molecule has 0 saturated carbocycles. The number of phenols is 1. The van der Waals surface area contributed by atoms with Gasteiger partial charge in [-0.15, -0.1) is 0 Å². The van der Waals surface area contributed by atoms with E-state index in [4.69, 9.17) is 9.47 Å². The highest BCUT2D eigenvalue weighted by Crippen LogP contribution is 2.45. The molecule has 4 N–H and O–H groups in total. The van der Waals surface area contributed by atoms with Crippen LogP contribution in [0.5, 0.6) is 17.2 Å². The third-order valence-electron chi connectivity index (χ3n) is 5.03. The average molecular weight is 440 g/mol. The molecule has 1 heterocycles. The quantitative estimate of drug-likeness (QED) is 0.531. The number of nitrogens with one attached hydrogen (secondary N) is 2. The van der Waals surface area contributed by atoms with E-state index in [0.29, 0.717) is 5.75 Å². The number of ketones is 1. The molecule has 0 bridgehead atoms. The Labute approximate surface area is 174 Å². The minimum absolute atomic E-state index is 0.0130. The van der Waals surface area contributed by atoms with Crippen molar-refractivity contribution in [3.8, 4) is 17.2 Å². The van der Waals surface area contributed by atoms with Crippen LogP contribution in [0.4, 0.5) is 18.0 Å². The first-order valence-corrected chi connectivity index (χ1v) is 8.94. The smallest absolute Gasteiger partial charge is 0.437 e. The number of aromatic hydroxyl groups is 1. The number of urea groups is 1. The van der Waals surface area contributed by atoms with Crippen LogP contribution in [0.2, 0.25) is 0 Å². The normalized spacial score (nSPS) is 23.5. The highest BCUT2D eigenvalue weighted by atomic mass is 19.4. The molecule has 1 fully saturated rings. The van der Waals surface area contributed by atoms with Gasteiger partial charge in [-0.3, -0.25) is 4.79 Å². The lowest BCUT2D eigenvalue weighted by molar-refractivity contribution is -0.287. The zero-order chi connectivity index (χ0) is 23.0. The molecule has 31 heavy (non-hydrogen) atoms. The van der Waals surface area contributed by atoms with E-state index in [2.05, 4.69) is 5.32 Å². The summed E-state index contributed by atoms with van der Waals surface area (Å²) in [4.78, 5) is 25.2. The topological polar surface area (TPSA) is 117 Å². The Balaban J connectivity index is 2.16. The monoisotopic (exact) mass is 440 g/mol. The predicted molar refractivity (Wildman–Crippen MR) is 101 cm³/mol. The van der Waals surface area contributed by atoms with Crippen LogP contribution < -0.4 is 20.1 Å². The number of Topliss-reactive ketones (excluding diaryl/α,β-unsaturated/α-hetero) is 1. The second-order valence-corrected chi connectivity index (χ2v) is 6.84. The molecule has 2 aromatic carbocycles. The van der Waals surface area contributed by atoms with Crippen molar-refractivity contribution in [2.24, 2.45) is 5.92 Å². The lowest BCUT2D eigenvalue weighted by Gasteiger charge is -2.45. The van der Waals surface area contributed by atoms with Crippen LogP contribution in [-0.2, 0) is 0 Å². The van der Waals surface area contributed by atoms with Crippen LogP contribution >= 0.6 is 0 Å². The highest BCUT2D eigenvalue weighted by molar-refractivity contribution is 6.00. The molecule has 8 nitrogen and oxygen atoms in total. The van der Waals surface area contributed by atoms with Crippen molar-refractivity contribution < 1.29 is 42.4 Å². The number of phenolic OH excluding ortho intramolecular Hbond substituents is 1. The van der Waals surface area contributed by atoms with Gasteiger partial charge in [-0.1, -0.05) is 6.07 Å². The van der Waals surface area contributed by atoms with Crippen molar-refractivity contribution in [3.05, 3.63) is 53.6 Å². The van der Waals surface area contributed by atoms with Crippen LogP contribution in [0.15, 0.2) is 42.5 Å². The number of alkyl halides is 3. The second kappa shape index (κ2) is 7.99. The van der Waals surface area contributed by atoms with Gasteiger partial charge < -0.3 is 30.3 Å². The molecule has 0 aromatic heterocycles. The Morgan fingerprint density at radius 1 is 1.10 bits per heavy atom. The fourth-order valence-electron chi connectivity index (χ4n) is 3.44. The van der Waals surface area contributed by atoms with Gasteiger partial charge in [0, 0.05) is 5.56 Å². The Morgan fingerprint density at radius 3 is 2.29 bits per heavy atom. The SMILES string of the molecule is COc1ccc(C(=O)[C@H]2[C@H](c3ccc(O)c(OC)c3)NC(=O)N[C@@]2(O)C(F)(F)F)cc1. The van der Waals surface area contributed by atoms with E-state index < -0.39 is 35.7 Å². The minimum Gasteiger partial charge on any atom is -0.504 e. The maximum absolute atomic E-state index is 13.9. The number of hydrogen-bond donors (Lipinski definition) is 4. The number of amides is 2. The van der Waals surface area contributed by atoms with Gasteiger partial charge in [-0.2, -0.15) is 13.2 Å². The van der Waals surface area contributed by atoms with Gasteiger partial charge in [0.05, 0.1) is 20.3 Å². The van der Waals surface area contributed by atoms with Gasteiger partial charge in [-0.25, -0.2) is 4.79 Å². The summed E-state index contributed by atoms with van der Waals surface area (Å²) in [5.74, 6) is -3.29. The van der Waals surface area contributed by atoms with Crippen LogP contribution in [0.1, 0.15) is 22.0 Å². The number of rotatable bonds is 5. The first-order valence-electron chi connectivity index (χ1n) is 8.94. The molecule has 3 atom stereocenters. The summed E-state index contributed by atoms with van der Waals surface area (Å²) in [6.45, 7) is 0. The average Bonchev–Trinajstić information content (AvgIpc) is 2.72. The number of benzene rings is 2. The van der Waals surface area contributed by atoms with Crippen LogP contribution in [0, 0.1) is 5.92 Å². The number of halogens is 3. The third kappa shape index (κ3) is 3.96. The molecule has 1 aliphatic rings. The summed E-state index contributed by atoms with van der Waals surface area (Å²) in [5, 5.41) is 24.1. The Kier molecular flexibility index (Phi) is 5.72. The summed E-state index contributed by atoms with van der Waals surface area (Å²) in [5.41, 5.74) is -3.98. The highest BCUT2D eigenvalue weighted by Gasteiger charge is 2.66. The summed E-state index contributed by atoms with van der Waals surface area (Å²) in [7, 11) is 2.61. The Morgan fingerprint density at radius 2 is 1.74 bits per heavy atom. The Hall–Kier alpha value is -3.47. The van der Waals surface area contributed by atoms with Crippen molar-refractivity contribution in [1.82, 2.24) is 10.6 Å². The predicted octanol–water partition coefficient (Wildman–Crippen LogP) is 2.51. The van der Waals surface area contributed by atoms with E-state index in [0.717, 1.165) is 6.07 Å². The van der Waals surface area contributed by atoms with E-state index in [1.54, 1.807) is 0 Å². The number of carbonyl (C=O) groups excluding carboxylic acids is 2. The van der Waals surface area contributed by atoms with Crippen LogP contribution in [0.3, 0.4) is 0 Å². The van der Waals surface area contributed by atoms with Gasteiger partial charge >= 0.3 is 12.2 Å². The van der Waals surface area contributed by atoms with E-state index in [9.17, 15) is 33.0 Å². The van der Waals surface area contributed by atoms with Gasteiger partial charge in [-0.05, 0) is 42.0 Å². The summed E-state index contributed by atoms with van der Waals surface area (Å²) in [6, 6.07) is 5.90. The fourth-order valence-corrected chi connectivity index (χ4v) is 3.44. The van der Waals surface area contributed by atoms with Gasteiger partial charge in [0.2, 0.25) is 5.72 Å². The molecule has 3 rings (SSSR count). The molecule has 0 unspecified atom stereocenters. The van der Waals surface area contributed by atoms with Crippen molar-refractivity contribution in [2.75, 3.05) is 14.2 Å². The Bertz CT molecular complexity index is 995. The number of methoxy groups -OCH3 is 2. The van der Waals surface area contributed by atoms with Crippen LogP contribution in [0.25, 0.3) is 0 Å². The minimum atomic E-state index is -5.38. The number of aliphatic hydroxyl groups is 1. The molecule has 2 amide bonds. The van der Waals surface area contributed by atoms with Gasteiger partial charge in [0.25, 0.3) is 0 Å². The zero-order valence-electron chi connectivity index (χ0n) is 16.4. The van der Waals surface area contributed by atoms with E-state index in [1.807, 2.05) is 0 Å². The third-order valence-corrected chi connectivity index (χ3v) is 5.03. The largest absolute Gasteiger partial charge is 0.504 e. The summed E-state index contributed by atoms with van der Waals surface area (Å²) < 4.78 is 51.7. The number of carbonyl (C=O) groups is 2. The number of hydrogen-bond acceptors (Lipinski definition) is 6. The van der Waals surface area contributed by atoms with Crippen molar-refractivity contribution >= 4 is 11.8 Å². The lowest BCUT2D eigenvalue weighted by Crippen LogP contribution is -2.72. The second-order valence-electron chi connectivity index (χ2n) is 6.84. The van der Waals surface area contributed by atoms with E-state index in [1.165, 1.54) is 55.9 Å². The molecular weight excluding hydrogens is 421 g/mol. The summed E-state index contributed by atoms with van der Waals surface area (Å²) in [6.07, 6.45) is -5.38.